The van der Waals surface area contributed by atoms with Crippen LogP contribution >= 0.6 is 0 Å². The number of hydrogen-bond donors (Lipinski definition) is 1. The van der Waals surface area contributed by atoms with Crippen molar-refractivity contribution in [1.29, 1.82) is 0 Å². The van der Waals surface area contributed by atoms with Crippen LogP contribution in [0.2, 0.25) is 0 Å². The lowest BCUT2D eigenvalue weighted by Gasteiger charge is -2.38. The molecule has 0 saturated carbocycles. The summed E-state index contributed by atoms with van der Waals surface area (Å²) in [6.07, 6.45) is 5.07. The highest BCUT2D eigenvalue weighted by Crippen LogP contribution is 2.33. The van der Waals surface area contributed by atoms with Gasteiger partial charge in [-0.25, -0.2) is 0 Å². The van der Waals surface area contributed by atoms with E-state index in [-0.39, 0.29) is 5.41 Å². The highest BCUT2D eigenvalue weighted by atomic mass is 16.2. The molecule has 0 aromatic heterocycles. The molecule has 3 heteroatoms. The van der Waals surface area contributed by atoms with Gasteiger partial charge in [0.1, 0.15) is 0 Å². The average molecular weight is 282 g/mol. The SMILES string of the molecule is CC1CCCN(C(=O)CCC(CCN)C(C)(C)C)C1C. The fraction of sp³-hybridized carbons (Fsp3) is 0.941. The van der Waals surface area contributed by atoms with Crippen molar-refractivity contribution in [2.24, 2.45) is 23.0 Å². The van der Waals surface area contributed by atoms with Crippen LogP contribution in [0.15, 0.2) is 0 Å². The van der Waals surface area contributed by atoms with Crippen molar-refractivity contribution in [3.63, 3.8) is 0 Å². The lowest BCUT2D eigenvalue weighted by molar-refractivity contribution is -0.136. The molecule has 1 aliphatic rings. The summed E-state index contributed by atoms with van der Waals surface area (Å²) in [4.78, 5) is 14.6. The van der Waals surface area contributed by atoms with Crippen LogP contribution in [0.25, 0.3) is 0 Å². The molecule has 1 fully saturated rings. The molecule has 0 aliphatic carbocycles. The molecule has 0 radical (unpaired) electrons. The topological polar surface area (TPSA) is 46.3 Å². The van der Waals surface area contributed by atoms with Crippen molar-refractivity contribution >= 4 is 5.91 Å². The molecule has 1 saturated heterocycles. The average Bonchev–Trinajstić information content (AvgIpc) is 2.36. The first-order valence-corrected chi connectivity index (χ1v) is 8.27. The van der Waals surface area contributed by atoms with Crippen molar-refractivity contribution < 1.29 is 4.79 Å². The van der Waals surface area contributed by atoms with Gasteiger partial charge in [-0.2, -0.15) is 0 Å². The quantitative estimate of drug-likeness (QED) is 0.840. The van der Waals surface area contributed by atoms with Crippen molar-refractivity contribution in [3.8, 4) is 0 Å². The van der Waals surface area contributed by atoms with Crippen molar-refractivity contribution in [2.45, 2.75) is 72.8 Å². The molecular formula is C17H34N2O. The molecule has 0 spiro atoms. The molecule has 0 aromatic rings. The van der Waals surface area contributed by atoms with Gasteiger partial charge in [0.2, 0.25) is 5.91 Å². The van der Waals surface area contributed by atoms with Gasteiger partial charge in [-0.15, -0.1) is 0 Å². The van der Waals surface area contributed by atoms with Crippen LogP contribution in [0.1, 0.15) is 66.7 Å². The van der Waals surface area contributed by atoms with E-state index in [1.54, 1.807) is 0 Å². The highest BCUT2D eigenvalue weighted by molar-refractivity contribution is 5.76. The van der Waals surface area contributed by atoms with Crippen LogP contribution in [0, 0.1) is 17.3 Å². The Balaban J connectivity index is 2.52. The van der Waals surface area contributed by atoms with Crippen molar-refractivity contribution in [3.05, 3.63) is 0 Å². The Hall–Kier alpha value is -0.570. The monoisotopic (exact) mass is 282 g/mol. The van der Waals surface area contributed by atoms with E-state index in [1.165, 1.54) is 6.42 Å². The number of nitrogens with two attached hydrogens (primary N) is 1. The zero-order valence-corrected chi connectivity index (χ0v) is 14.1. The van der Waals surface area contributed by atoms with Gasteiger partial charge in [-0.3, -0.25) is 4.79 Å². The van der Waals surface area contributed by atoms with Crippen molar-refractivity contribution in [2.75, 3.05) is 13.1 Å². The number of piperidine rings is 1. The third-order valence-electron chi connectivity index (χ3n) is 5.14. The first kappa shape index (κ1) is 17.5. The number of likely N-dealkylation sites (tertiary alicyclic amines) is 1. The highest BCUT2D eigenvalue weighted by Gasteiger charge is 2.30. The maximum absolute atomic E-state index is 12.5. The Morgan fingerprint density at radius 3 is 2.50 bits per heavy atom. The molecule has 1 rings (SSSR count). The first-order valence-electron chi connectivity index (χ1n) is 8.27. The summed E-state index contributed by atoms with van der Waals surface area (Å²) in [6.45, 7) is 12.9. The summed E-state index contributed by atoms with van der Waals surface area (Å²) in [6, 6.07) is 0.402. The van der Waals surface area contributed by atoms with Crippen LogP contribution < -0.4 is 5.73 Å². The molecule has 1 amide bonds. The minimum atomic E-state index is 0.237. The van der Waals surface area contributed by atoms with Gasteiger partial charge in [0.15, 0.2) is 0 Å². The molecule has 2 N–H and O–H groups in total. The van der Waals surface area contributed by atoms with E-state index in [2.05, 4.69) is 39.5 Å². The molecule has 0 aromatic carbocycles. The fourth-order valence-corrected chi connectivity index (χ4v) is 3.34. The molecule has 0 bridgehead atoms. The second-order valence-corrected chi connectivity index (χ2v) is 7.63. The van der Waals surface area contributed by atoms with E-state index >= 15 is 0 Å². The summed E-state index contributed by atoms with van der Waals surface area (Å²) < 4.78 is 0. The summed E-state index contributed by atoms with van der Waals surface area (Å²) >= 11 is 0. The van der Waals surface area contributed by atoms with E-state index in [0.717, 1.165) is 25.8 Å². The maximum atomic E-state index is 12.5. The molecule has 3 nitrogen and oxygen atoms in total. The lowest BCUT2D eigenvalue weighted by atomic mass is 9.76. The standard InChI is InChI=1S/C17H34N2O/c1-13-7-6-12-19(14(13)2)16(20)9-8-15(10-11-18)17(3,4)5/h13-15H,6-12,18H2,1-5H3. The third-order valence-corrected chi connectivity index (χ3v) is 5.14. The van der Waals surface area contributed by atoms with E-state index in [9.17, 15) is 4.79 Å². The molecule has 20 heavy (non-hydrogen) atoms. The lowest BCUT2D eigenvalue weighted by Crippen LogP contribution is -2.46. The Bertz CT molecular complexity index is 309. The Labute approximate surface area is 125 Å². The first-order chi connectivity index (χ1) is 9.27. The predicted molar refractivity (Wildman–Crippen MR) is 85.4 cm³/mol. The molecular weight excluding hydrogens is 248 g/mol. The fourth-order valence-electron chi connectivity index (χ4n) is 3.34. The molecule has 3 unspecified atom stereocenters. The van der Waals surface area contributed by atoms with E-state index < -0.39 is 0 Å². The summed E-state index contributed by atoms with van der Waals surface area (Å²) in [5.74, 6) is 1.51. The number of carbonyl (C=O) groups is 1. The predicted octanol–water partition coefficient (Wildman–Crippen LogP) is 3.42. The summed E-state index contributed by atoms with van der Waals surface area (Å²) in [5, 5.41) is 0. The van der Waals surface area contributed by atoms with Gasteiger partial charge in [-0.1, -0.05) is 27.7 Å². The Morgan fingerprint density at radius 2 is 1.95 bits per heavy atom. The van der Waals surface area contributed by atoms with Gasteiger partial charge >= 0.3 is 0 Å². The molecule has 1 heterocycles. The second kappa shape index (κ2) is 7.44. The van der Waals surface area contributed by atoms with E-state index in [1.807, 2.05) is 0 Å². The summed E-state index contributed by atoms with van der Waals surface area (Å²) in [5.41, 5.74) is 5.96. The normalized spacial score (nSPS) is 25.6. The maximum Gasteiger partial charge on any atom is 0.222 e. The van der Waals surface area contributed by atoms with Crippen LogP contribution in [-0.2, 0) is 4.79 Å². The molecule has 3 atom stereocenters. The largest absolute Gasteiger partial charge is 0.340 e. The Kier molecular flexibility index (Phi) is 6.50. The van der Waals surface area contributed by atoms with Gasteiger partial charge in [0.05, 0.1) is 0 Å². The zero-order valence-electron chi connectivity index (χ0n) is 14.1. The van der Waals surface area contributed by atoms with Gasteiger partial charge < -0.3 is 10.6 Å². The minimum Gasteiger partial charge on any atom is -0.340 e. The van der Waals surface area contributed by atoms with Crippen LogP contribution in [0.5, 0.6) is 0 Å². The van der Waals surface area contributed by atoms with Crippen LogP contribution in [0.4, 0.5) is 0 Å². The molecule has 118 valence electrons. The number of hydrogen-bond acceptors (Lipinski definition) is 2. The smallest absolute Gasteiger partial charge is 0.222 e. The van der Waals surface area contributed by atoms with Crippen LogP contribution in [0.3, 0.4) is 0 Å². The van der Waals surface area contributed by atoms with Gasteiger partial charge in [-0.05, 0) is 56.4 Å². The zero-order chi connectivity index (χ0) is 15.3. The number of nitrogens with zero attached hydrogens (tertiary/aromatic N) is 1. The van der Waals surface area contributed by atoms with E-state index in [0.29, 0.717) is 36.8 Å². The van der Waals surface area contributed by atoms with E-state index in [4.69, 9.17) is 5.73 Å². The molecule has 1 aliphatic heterocycles. The number of rotatable bonds is 5. The minimum absolute atomic E-state index is 0.237. The van der Waals surface area contributed by atoms with Crippen molar-refractivity contribution in [1.82, 2.24) is 4.90 Å². The van der Waals surface area contributed by atoms with Gasteiger partial charge in [0.25, 0.3) is 0 Å². The number of carbonyl (C=O) groups excluding carboxylic acids is 1. The van der Waals surface area contributed by atoms with Crippen LogP contribution in [-0.4, -0.2) is 29.9 Å². The third kappa shape index (κ3) is 4.76. The van der Waals surface area contributed by atoms with Gasteiger partial charge in [0, 0.05) is 19.0 Å². The second-order valence-electron chi connectivity index (χ2n) is 7.63. The number of amides is 1. The Morgan fingerprint density at radius 1 is 1.30 bits per heavy atom. The summed E-state index contributed by atoms with van der Waals surface area (Å²) in [7, 11) is 0.